The van der Waals surface area contributed by atoms with E-state index in [2.05, 4.69) is 10.3 Å². The molecule has 0 atom stereocenters. The van der Waals surface area contributed by atoms with E-state index in [4.69, 9.17) is 0 Å². The second-order valence-corrected chi connectivity index (χ2v) is 8.39. The van der Waals surface area contributed by atoms with Gasteiger partial charge in [0, 0.05) is 5.69 Å². The number of hydrogen-bond donors (Lipinski definition) is 1. The lowest BCUT2D eigenvalue weighted by molar-refractivity contribution is -0.138. The van der Waals surface area contributed by atoms with Gasteiger partial charge in [-0.3, -0.25) is 4.79 Å². The molecule has 2 aromatic heterocycles. The molecule has 0 fully saturated rings. The molecule has 0 aliphatic carbocycles. The molecule has 3 rings (SSSR count). The zero-order valence-corrected chi connectivity index (χ0v) is 17.6. The fraction of sp³-hybridized carbons (Fsp3) is 0.190. The molecule has 1 aromatic carbocycles. The largest absolute Gasteiger partial charge is 0.417 e. The number of aromatic nitrogens is 1. The van der Waals surface area contributed by atoms with Crippen LogP contribution in [0.3, 0.4) is 0 Å². The van der Waals surface area contributed by atoms with Gasteiger partial charge in [-0.05, 0) is 48.6 Å². The number of carbonyl (C=O) groups excluding carboxylic acids is 1. The topological polar surface area (TPSA) is 65.8 Å². The SMILES string of the molecule is Cc1ccc(C)c(NC(=O)CSc2nc(-c3cccs3)cc(C(F)(F)F)c2C#N)c1. The van der Waals surface area contributed by atoms with Gasteiger partial charge in [-0.2, -0.15) is 18.4 Å². The summed E-state index contributed by atoms with van der Waals surface area (Å²) in [6.07, 6.45) is -4.71. The van der Waals surface area contributed by atoms with E-state index in [0.717, 1.165) is 29.0 Å². The van der Waals surface area contributed by atoms with Crippen molar-refractivity contribution in [3.05, 3.63) is 64.0 Å². The van der Waals surface area contributed by atoms with Gasteiger partial charge in [-0.25, -0.2) is 4.98 Å². The van der Waals surface area contributed by atoms with E-state index in [1.54, 1.807) is 23.6 Å². The Kier molecular flexibility index (Phi) is 6.48. The van der Waals surface area contributed by atoms with E-state index >= 15 is 0 Å². The van der Waals surface area contributed by atoms with Crippen LogP contribution >= 0.6 is 23.1 Å². The van der Waals surface area contributed by atoms with Gasteiger partial charge in [0.25, 0.3) is 0 Å². The van der Waals surface area contributed by atoms with Crippen LogP contribution in [0.4, 0.5) is 18.9 Å². The van der Waals surface area contributed by atoms with Crippen molar-refractivity contribution in [2.75, 3.05) is 11.1 Å². The Morgan fingerprint density at radius 3 is 2.67 bits per heavy atom. The Morgan fingerprint density at radius 1 is 1.27 bits per heavy atom. The van der Waals surface area contributed by atoms with E-state index in [9.17, 15) is 23.2 Å². The predicted octanol–water partition coefficient (Wildman–Crippen LogP) is 6.05. The zero-order chi connectivity index (χ0) is 21.9. The first-order chi connectivity index (χ1) is 14.2. The van der Waals surface area contributed by atoms with Gasteiger partial charge < -0.3 is 5.32 Å². The number of benzene rings is 1. The molecule has 30 heavy (non-hydrogen) atoms. The summed E-state index contributed by atoms with van der Waals surface area (Å²) in [4.78, 5) is 17.2. The van der Waals surface area contributed by atoms with Gasteiger partial charge in [0.05, 0.1) is 27.5 Å². The van der Waals surface area contributed by atoms with Gasteiger partial charge in [0.2, 0.25) is 5.91 Å². The first-order valence-electron chi connectivity index (χ1n) is 8.75. The van der Waals surface area contributed by atoms with E-state index < -0.39 is 23.2 Å². The quantitative estimate of drug-likeness (QED) is 0.484. The first-order valence-corrected chi connectivity index (χ1v) is 10.6. The number of thiophene rings is 1. The number of nitrogens with zero attached hydrogens (tertiary/aromatic N) is 2. The van der Waals surface area contributed by atoms with Crippen molar-refractivity contribution in [2.24, 2.45) is 0 Å². The summed E-state index contributed by atoms with van der Waals surface area (Å²) in [5.41, 5.74) is 0.962. The Labute approximate surface area is 179 Å². The Balaban J connectivity index is 1.89. The molecule has 0 unspecified atom stereocenters. The van der Waals surface area contributed by atoms with Crippen molar-refractivity contribution >= 4 is 34.7 Å². The maximum absolute atomic E-state index is 13.5. The van der Waals surface area contributed by atoms with Crippen molar-refractivity contribution < 1.29 is 18.0 Å². The van der Waals surface area contributed by atoms with Crippen LogP contribution in [-0.2, 0) is 11.0 Å². The second-order valence-electron chi connectivity index (χ2n) is 6.48. The molecule has 9 heteroatoms. The number of rotatable bonds is 5. The van der Waals surface area contributed by atoms with Gasteiger partial charge >= 0.3 is 6.18 Å². The number of carbonyl (C=O) groups is 1. The van der Waals surface area contributed by atoms with Gasteiger partial charge in [-0.15, -0.1) is 11.3 Å². The molecule has 0 radical (unpaired) electrons. The maximum Gasteiger partial charge on any atom is 0.417 e. The molecule has 0 aliphatic rings. The first kappa shape index (κ1) is 21.9. The summed E-state index contributed by atoms with van der Waals surface area (Å²) in [5, 5.41) is 13.7. The minimum atomic E-state index is -4.71. The van der Waals surface area contributed by atoms with Gasteiger partial charge in [0.1, 0.15) is 11.1 Å². The van der Waals surface area contributed by atoms with Crippen LogP contribution < -0.4 is 5.32 Å². The average molecular weight is 448 g/mol. The highest BCUT2D eigenvalue weighted by molar-refractivity contribution is 8.00. The number of pyridine rings is 1. The third-order valence-corrected chi connectivity index (χ3v) is 6.05. The molecular formula is C21H16F3N3OS2. The van der Waals surface area contributed by atoms with Gasteiger partial charge in [0.15, 0.2) is 0 Å². The fourth-order valence-electron chi connectivity index (χ4n) is 2.70. The van der Waals surface area contributed by atoms with Crippen molar-refractivity contribution in [1.82, 2.24) is 4.98 Å². The Bertz CT molecular complexity index is 1120. The normalized spacial score (nSPS) is 11.2. The summed E-state index contributed by atoms with van der Waals surface area (Å²) >= 11 is 2.06. The highest BCUT2D eigenvalue weighted by Crippen LogP contribution is 2.38. The molecule has 3 aromatic rings. The number of nitriles is 1. The van der Waals surface area contributed by atoms with E-state index in [1.165, 1.54) is 11.3 Å². The van der Waals surface area contributed by atoms with Gasteiger partial charge in [-0.1, -0.05) is 30.0 Å². The lowest BCUT2D eigenvalue weighted by Crippen LogP contribution is -2.16. The summed E-state index contributed by atoms with van der Waals surface area (Å²) < 4.78 is 40.6. The molecule has 0 aliphatic heterocycles. The number of amides is 1. The molecule has 0 saturated carbocycles. The zero-order valence-electron chi connectivity index (χ0n) is 16.0. The van der Waals surface area contributed by atoms with E-state index in [1.807, 2.05) is 32.0 Å². The standard InChI is InChI=1S/C21H16F3N3OS2/c1-12-5-6-13(2)16(8-12)26-19(28)11-30-20-14(10-25)15(21(22,23)24)9-17(27-20)18-4-3-7-29-18/h3-9H,11H2,1-2H3,(H,26,28). The van der Waals surface area contributed by atoms with Crippen LogP contribution in [0.25, 0.3) is 10.6 Å². The number of nitrogens with one attached hydrogen (secondary N) is 1. The minimum absolute atomic E-state index is 0.119. The molecule has 0 bridgehead atoms. The summed E-state index contributed by atoms with van der Waals surface area (Å²) in [5.74, 6) is -0.574. The summed E-state index contributed by atoms with van der Waals surface area (Å²) in [7, 11) is 0. The molecule has 154 valence electrons. The molecule has 1 N–H and O–H groups in total. The van der Waals surface area contributed by atoms with Crippen LogP contribution in [-0.4, -0.2) is 16.6 Å². The smallest absolute Gasteiger partial charge is 0.325 e. The third-order valence-electron chi connectivity index (χ3n) is 4.18. The lowest BCUT2D eigenvalue weighted by Gasteiger charge is -2.14. The Morgan fingerprint density at radius 2 is 2.03 bits per heavy atom. The molecular weight excluding hydrogens is 431 g/mol. The summed E-state index contributed by atoms with van der Waals surface area (Å²) in [6.45, 7) is 3.74. The fourth-order valence-corrected chi connectivity index (χ4v) is 4.19. The van der Waals surface area contributed by atoms with Crippen molar-refractivity contribution in [3.8, 4) is 16.6 Å². The number of alkyl halides is 3. The predicted molar refractivity (Wildman–Crippen MR) is 113 cm³/mol. The van der Waals surface area contributed by atoms with Crippen LogP contribution in [0.15, 0.2) is 46.8 Å². The molecule has 2 heterocycles. The number of aryl methyl sites for hydroxylation is 2. The highest BCUT2D eigenvalue weighted by Gasteiger charge is 2.36. The van der Waals surface area contributed by atoms with E-state index in [0.29, 0.717) is 10.6 Å². The highest BCUT2D eigenvalue weighted by atomic mass is 32.2. The van der Waals surface area contributed by atoms with E-state index in [-0.39, 0.29) is 16.5 Å². The lowest BCUT2D eigenvalue weighted by atomic mass is 10.1. The van der Waals surface area contributed by atoms with Crippen LogP contribution in [0.5, 0.6) is 0 Å². The maximum atomic E-state index is 13.5. The van der Waals surface area contributed by atoms with Crippen molar-refractivity contribution in [2.45, 2.75) is 25.0 Å². The van der Waals surface area contributed by atoms with Crippen LogP contribution in [0, 0.1) is 25.2 Å². The molecule has 0 spiro atoms. The molecule has 1 amide bonds. The number of hydrogen-bond acceptors (Lipinski definition) is 5. The third kappa shape index (κ3) is 5.01. The molecule has 4 nitrogen and oxygen atoms in total. The average Bonchev–Trinajstić information content (AvgIpc) is 3.22. The van der Waals surface area contributed by atoms with Crippen molar-refractivity contribution in [1.29, 1.82) is 5.26 Å². The number of anilines is 1. The van der Waals surface area contributed by atoms with Crippen molar-refractivity contribution in [3.63, 3.8) is 0 Å². The second kappa shape index (κ2) is 8.90. The monoisotopic (exact) mass is 447 g/mol. The minimum Gasteiger partial charge on any atom is -0.325 e. The number of thioether (sulfide) groups is 1. The van der Waals surface area contributed by atoms with Crippen LogP contribution in [0.2, 0.25) is 0 Å². The molecule has 0 saturated heterocycles. The number of halogens is 3. The summed E-state index contributed by atoms with van der Waals surface area (Å²) in [6, 6.07) is 11.4. The van der Waals surface area contributed by atoms with Crippen LogP contribution in [0.1, 0.15) is 22.3 Å². The Hall–Kier alpha value is -2.83.